The van der Waals surface area contributed by atoms with E-state index in [1.165, 1.54) is 22.3 Å². The van der Waals surface area contributed by atoms with Crippen LogP contribution in [0.1, 0.15) is 40.1 Å². The molecular formula is C23H26N4O. The molecule has 1 aromatic heterocycles. The third kappa shape index (κ3) is 2.73. The molecule has 2 heterocycles. The van der Waals surface area contributed by atoms with Crippen molar-refractivity contribution in [3.63, 3.8) is 0 Å². The number of rotatable bonds is 3. The fourth-order valence-corrected chi connectivity index (χ4v) is 4.87. The van der Waals surface area contributed by atoms with Gasteiger partial charge in [-0.1, -0.05) is 42.5 Å². The van der Waals surface area contributed by atoms with E-state index in [1.807, 2.05) is 25.2 Å². The molecule has 5 heteroatoms. The molecular weight excluding hydrogens is 348 g/mol. The quantitative estimate of drug-likeness (QED) is 0.766. The van der Waals surface area contributed by atoms with Crippen LogP contribution in [0.3, 0.4) is 0 Å². The first-order valence-electron chi connectivity index (χ1n) is 10.1. The number of hydrogen-bond acceptors (Lipinski definition) is 4. The van der Waals surface area contributed by atoms with Gasteiger partial charge in [-0.2, -0.15) is 0 Å². The minimum Gasteiger partial charge on any atom is -0.385 e. The van der Waals surface area contributed by atoms with E-state index in [4.69, 9.17) is 0 Å². The SMILES string of the molecule is Cc1cccc2c1CCN(c1nnc(CC3(O)CCc4ccccc43)n1C)C2. The van der Waals surface area contributed by atoms with Crippen LogP contribution in [0, 0.1) is 6.92 Å². The molecule has 3 aromatic rings. The lowest BCUT2D eigenvalue weighted by Gasteiger charge is -2.30. The number of aliphatic hydroxyl groups is 1. The molecule has 0 saturated heterocycles. The molecule has 1 atom stereocenters. The molecule has 28 heavy (non-hydrogen) atoms. The summed E-state index contributed by atoms with van der Waals surface area (Å²) in [5.41, 5.74) is 5.66. The molecule has 2 aromatic carbocycles. The molecule has 0 saturated carbocycles. The molecule has 144 valence electrons. The Labute approximate surface area is 165 Å². The Morgan fingerprint density at radius 2 is 1.86 bits per heavy atom. The van der Waals surface area contributed by atoms with Crippen LogP contribution in [0.2, 0.25) is 0 Å². The highest BCUT2D eigenvalue weighted by Gasteiger charge is 2.38. The summed E-state index contributed by atoms with van der Waals surface area (Å²) >= 11 is 0. The smallest absolute Gasteiger partial charge is 0.227 e. The van der Waals surface area contributed by atoms with Crippen molar-refractivity contribution in [1.29, 1.82) is 0 Å². The van der Waals surface area contributed by atoms with E-state index < -0.39 is 5.60 Å². The number of aryl methyl sites for hydroxylation is 2. The Morgan fingerprint density at radius 3 is 2.75 bits per heavy atom. The van der Waals surface area contributed by atoms with Crippen LogP contribution < -0.4 is 4.90 Å². The van der Waals surface area contributed by atoms with Gasteiger partial charge in [-0.25, -0.2) is 0 Å². The molecule has 0 bridgehead atoms. The maximum Gasteiger partial charge on any atom is 0.227 e. The van der Waals surface area contributed by atoms with Gasteiger partial charge in [-0.3, -0.25) is 0 Å². The van der Waals surface area contributed by atoms with Crippen LogP contribution in [-0.2, 0) is 38.5 Å². The predicted molar refractivity (Wildman–Crippen MR) is 109 cm³/mol. The largest absolute Gasteiger partial charge is 0.385 e. The van der Waals surface area contributed by atoms with E-state index in [2.05, 4.69) is 50.9 Å². The third-order valence-electron chi connectivity index (χ3n) is 6.50. The van der Waals surface area contributed by atoms with Crippen molar-refractivity contribution in [2.24, 2.45) is 7.05 Å². The number of anilines is 1. The highest BCUT2D eigenvalue weighted by Crippen LogP contribution is 2.39. The molecule has 5 nitrogen and oxygen atoms in total. The summed E-state index contributed by atoms with van der Waals surface area (Å²) in [6.07, 6.45) is 3.18. The van der Waals surface area contributed by atoms with Crippen molar-refractivity contribution in [1.82, 2.24) is 14.8 Å². The lowest BCUT2D eigenvalue weighted by Crippen LogP contribution is -2.33. The first-order chi connectivity index (χ1) is 13.5. The van der Waals surface area contributed by atoms with Crippen LogP contribution in [0.15, 0.2) is 42.5 Å². The highest BCUT2D eigenvalue weighted by molar-refractivity contribution is 5.44. The molecule has 1 aliphatic heterocycles. The molecule has 1 aliphatic carbocycles. The Morgan fingerprint density at radius 1 is 1.04 bits per heavy atom. The Bertz CT molecular complexity index is 1040. The maximum atomic E-state index is 11.3. The topological polar surface area (TPSA) is 54.2 Å². The van der Waals surface area contributed by atoms with Crippen LogP contribution in [-0.4, -0.2) is 26.4 Å². The first kappa shape index (κ1) is 17.4. The second-order valence-corrected chi connectivity index (χ2v) is 8.22. The molecule has 2 aliphatic rings. The second-order valence-electron chi connectivity index (χ2n) is 8.22. The number of aromatic nitrogens is 3. The van der Waals surface area contributed by atoms with Gasteiger partial charge in [0.05, 0.1) is 5.60 Å². The predicted octanol–water partition coefficient (Wildman–Crippen LogP) is 3.06. The monoisotopic (exact) mass is 374 g/mol. The van der Waals surface area contributed by atoms with Crippen LogP contribution in [0.5, 0.6) is 0 Å². The Balaban J connectivity index is 1.40. The standard InChI is InChI=1S/C23H26N4O/c1-16-6-5-8-18-15-27(13-11-19(16)18)22-25-24-21(26(22)2)14-23(28)12-10-17-7-3-4-9-20(17)23/h3-9,28H,10-15H2,1-2H3. The third-order valence-corrected chi connectivity index (χ3v) is 6.50. The number of fused-ring (bicyclic) bond motifs is 2. The second kappa shape index (κ2) is 6.45. The van der Waals surface area contributed by atoms with E-state index in [0.29, 0.717) is 6.42 Å². The van der Waals surface area contributed by atoms with Gasteiger partial charge in [-0.05, 0) is 54.0 Å². The zero-order valence-electron chi connectivity index (χ0n) is 16.5. The van der Waals surface area contributed by atoms with Gasteiger partial charge in [0.1, 0.15) is 5.82 Å². The summed E-state index contributed by atoms with van der Waals surface area (Å²) in [6.45, 7) is 3.99. The fraction of sp³-hybridized carbons (Fsp3) is 0.391. The fourth-order valence-electron chi connectivity index (χ4n) is 4.87. The van der Waals surface area contributed by atoms with Crippen molar-refractivity contribution < 1.29 is 5.11 Å². The molecule has 1 N–H and O–H groups in total. The van der Waals surface area contributed by atoms with Crippen molar-refractivity contribution in [2.75, 3.05) is 11.4 Å². The number of nitrogens with zero attached hydrogens (tertiary/aromatic N) is 4. The normalized spacial score (nSPS) is 20.9. The van der Waals surface area contributed by atoms with Gasteiger partial charge in [0.15, 0.2) is 0 Å². The molecule has 1 unspecified atom stereocenters. The minimum atomic E-state index is -0.847. The lowest BCUT2D eigenvalue weighted by atomic mass is 9.92. The molecule has 0 fully saturated rings. The van der Waals surface area contributed by atoms with E-state index in [1.54, 1.807) is 0 Å². The Hall–Kier alpha value is -2.66. The van der Waals surface area contributed by atoms with Gasteiger partial charge < -0.3 is 14.6 Å². The minimum absolute atomic E-state index is 0.497. The summed E-state index contributed by atoms with van der Waals surface area (Å²) in [7, 11) is 2.01. The molecule has 0 radical (unpaired) electrons. The van der Waals surface area contributed by atoms with E-state index in [0.717, 1.165) is 49.7 Å². The summed E-state index contributed by atoms with van der Waals surface area (Å²) in [5.74, 6) is 1.72. The summed E-state index contributed by atoms with van der Waals surface area (Å²) in [4.78, 5) is 2.30. The van der Waals surface area contributed by atoms with Crippen molar-refractivity contribution in [3.05, 3.63) is 76.1 Å². The van der Waals surface area contributed by atoms with Crippen LogP contribution in [0.25, 0.3) is 0 Å². The van der Waals surface area contributed by atoms with Crippen LogP contribution >= 0.6 is 0 Å². The summed E-state index contributed by atoms with van der Waals surface area (Å²) in [6, 6.07) is 14.7. The van der Waals surface area contributed by atoms with Crippen molar-refractivity contribution in [3.8, 4) is 0 Å². The van der Waals surface area contributed by atoms with Crippen molar-refractivity contribution in [2.45, 2.75) is 44.8 Å². The van der Waals surface area contributed by atoms with E-state index in [9.17, 15) is 5.11 Å². The van der Waals surface area contributed by atoms with Gasteiger partial charge in [0.2, 0.25) is 5.95 Å². The van der Waals surface area contributed by atoms with Gasteiger partial charge >= 0.3 is 0 Å². The zero-order valence-corrected chi connectivity index (χ0v) is 16.5. The maximum absolute atomic E-state index is 11.3. The average molecular weight is 374 g/mol. The summed E-state index contributed by atoms with van der Waals surface area (Å²) in [5, 5.41) is 20.3. The van der Waals surface area contributed by atoms with Gasteiger partial charge in [0.25, 0.3) is 0 Å². The number of hydrogen-bond donors (Lipinski definition) is 1. The molecule has 0 spiro atoms. The van der Waals surface area contributed by atoms with Gasteiger partial charge in [-0.15, -0.1) is 10.2 Å². The van der Waals surface area contributed by atoms with Crippen molar-refractivity contribution >= 4 is 5.95 Å². The van der Waals surface area contributed by atoms with E-state index >= 15 is 0 Å². The van der Waals surface area contributed by atoms with Gasteiger partial charge in [0, 0.05) is 26.6 Å². The molecule has 5 rings (SSSR count). The zero-order chi connectivity index (χ0) is 19.3. The summed E-state index contributed by atoms with van der Waals surface area (Å²) < 4.78 is 2.06. The average Bonchev–Trinajstić information content (AvgIpc) is 3.23. The number of benzene rings is 2. The highest BCUT2D eigenvalue weighted by atomic mass is 16.3. The Kier molecular flexibility index (Phi) is 4.02. The first-order valence-corrected chi connectivity index (χ1v) is 10.1. The molecule has 0 amide bonds. The van der Waals surface area contributed by atoms with E-state index in [-0.39, 0.29) is 0 Å². The van der Waals surface area contributed by atoms with Crippen LogP contribution in [0.4, 0.5) is 5.95 Å². The lowest BCUT2D eigenvalue weighted by molar-refractivity contribution is 0.0362.